The summed E-state index contributed by atoms with van der Waals surface area (Å²) in [5, 5.41) is 25.2. The van der Waals surface area contributed by atoms with Crippen molar-refractivity contribution in [1.29, 1.82) is 5.41 Å². The Balaban J connectivity index is 0.00000512. The molecule has 1 aromatic carbocycles. The molecule has 1 saturated heterocycles. The number of amides is 3. The van der Waals surface area contributed by atoms with E-state index in [1.54, 1.807) is 36.1 Å². The summed E-state index contributed by atoms with van der Waals surface area (Å²) in [6.45, 7) is 2.34. The highest BCUT2D eigenvalue weighted by atomic mass is 35.5. The maximum atomic E-state index is 12.3. The van der Waals surface area contributed by atoms with Gasteiger partial charge in [-0.25, -0.2) is 4.79 Å². The summed E-state index contributed by atoms with van der Waals surface area (Å²) in [5.74, 6) is -1.00. The third kappa shape index (κ3) is 8.23. The Morgan fingerprint density at radius 2 is 2.00 bits per heavy atom. The summed E-state index contributed by atoms with van der Waals surface area (Å²) in [4.78, 5) is 37.8. The molecule has 3 amide bonds. The minimum atomic E-state index is -0.970. The molecule has 1 heterocycles. The van der Waals surface area contributed by atoms with E-state index in [2.05, 4.69) is 16.0 Å². The van der Waals surface area contributed by atoms with Crippen LogP contribution in [0.25, 0.3) is 0 Å². The van der Waals surface area contributed by atoms with Gasteiger partial charge in [0.15, 0.2) is 0 Å². The van der Waals surface area contributed by atoms with Crippen LogP contribution in [0.3, 0.4) is 0 Å². The van der Waals surface area contributed by atoms with Gasteiger partial charge in [0.25, 0.3) is 0 Å². The number of aliphatic hydroxyl groups is 1. The number of halogens is 1. The highest BCUT2D eigenvalue weighted by Gasteiger charge is 2.25. The maximum Gasteiger partial charge on any atom is 0.409 e. The molecule has 1 aromatic rings. The standard InChI is InChI=1S/C20H30N6O5.ClH/c1-2-31-20(30)26-8-6-14(7-9-26)25-17(28)11-23-19(29)16(12-27)24-15-5-3-4-13(10-15)18(21)22;/h3-5,10,14,16,24,27H,2,6-9,11-12H2,1H3,(H3,21,22)(H,23,29)(H,25,28);1H. The van der Waals surface area contributed by atoms with Gasteiger partial charge in [-0.3, -0.25) is 15.0 Å². The van der Waals surface area contributed by atoms with Crippen molar-refractivity contribution in [2.45, 2.75) is 31.8 Å². The van der Waals surface area contributed by atoms with Gasteiger partial charge in [0, 0.05) is 30.4 Å². The lowest BCUT2D eigenvalue weighted by Gasteiger charge is -2.31. The molecular formula is C20H31ClN6O5. The number of amidine groups is 1. The zero-order valence-electron chi connectivity index (χ0n) is 17.9. The van der Waals surface area contributed by atoms with Gasteiger partial charge in [-0.05, 0) is 31.9 Å². The number of hydrogen-bond donors (Lipinski definition) is 6. The van der Waals surface area contributed by atoms with Crippen molar-refractivity contribution in [2.75, 3.05) is 38.2 Å². The van der Waals surface area contributed by atoms with Crippen molar-refractivity contribution in [3.63, 3.8) is 0 Å². The third-order valence-corrected chi connectivity index (χ3v) is 4.82. The van der Waals surface area contributed by atoms with E-state index in [-0.39, 0.29) is 42.8 Å². The normalized spacial score (nSPS) is 14.5. The molecule has 1 unspecified atom stereocenters. The summed E-state index contributed by atoms with van der Waals surface area (Å²) >= 11 is 0. The number of rotatable bonds is 9. The molecule has 1 aliphatic rings. The van der Waals surface area contributed by atoms with Gasteiger partial charge >= 0.3 is 6.09 Å². The lowest BCUT2D eigenvalue weighted by atomic mass is 10.1. The molecule has 7 N–H and O–H groups in total. The first-order valence-electron chi connectivity index (χ1n) is 10.1. The number of piperidine rings is 1. The lowest BCUT2D eigenvalue weighted by Crippen LogP contribution is -2.50. The van der Waals surface area contributed by atoms with Crippen LogP contribution in [0.5, 0.6) is 0 Å². The van der Waals surface area contributed by atoms with Crippen LogP contribution in [-0.4, -0.2) is 78.7 Å². The van der Waals surface area contributed by atoms with Crippen LogP contribution in [-0.2, 0) is 14.3 Å². The van der Waals surface area contributed by atoms with Gasteiger partial charge in [-0.2, -0.15) is 0 Å². The van der Waals surface area contributed by atoms with E-state index in [9.17, 15) is 19.5 Å². The Kier molecular flexibility index (Phi) is 11.3. The van der Waals surface area contributed by atoms with Crippen molar-refractivity contribution in [3.8, 4) is 0 Å². The van der Waals surface area contributed by atoms with Crippen molar-refractivity contribution >= 4 is 41.8 Å². The van der Waals surface area contributed by atoms with E-state index in [1.807, 2.05) is 0 Å². The minimum absolute atomic E-state index is 0. The van der Waals surface area contributed by atoms with E-state index in [1.165, 1.54) is 0 Å². The summed E-state index contributed by atoms with van der Waals surface area (Å²) in [5.41, 5.74) is 6.45. The number of hydrogen-bond acceptors (Lipinski definition) is 7. The molecule has 178 valence electrons. The molecule has 0 radical (unpaired) electrons. The van der Waals surface area contributed by atoms with E-state index in [0.29, 0.717) is 43.8 Å². The predicted octanol–water partition coefficient (Wildman–Crippen LogP) is 0.0186. The van der Waals surface area contributed by atoms with Crippen molar-refractivity contribution in [1.82, 2.24) is 15.5 Å². The van der Waals surface area contributed by atoms with Crippen molar-refractivity contribution in [2.24, 2.45) is 5.73 Å². The molecule has 1 atom stereocenters. The smallest absolute Gasteiger partial charge is 0.409 e. The largest absolute Gasteiger partial charge is 0.450 e. The predicted molar refractivity (Wildman–Crippen MR) is 122 cm³/mol. The molecule has 11 nitrogen and oxygen atoms in total. The number of nitrogens with two attached hydrogens (primary N) is 1. The fourth-order valence-electron chi connectivity index (χ4n) is 3.16. The molecule has 2 rings (SSSR count). The Morgan fingerprint density at radius 3 is 2.59 bits per heavy atom. The second kappa shape index (κ2) is 13.4. The van der Waals surface area contributed by atoms with Crippen molar-refractivity contribution < 1.29 is 24.2 Å². The number of carbonyl (C=O) groups is 3. The van der Waals surface area contributed by atoms with Gasteiger partial charge in [-0.15, -0.1) is 12.4 Å². The number of nitrogens with zero attached hydrogens (tertiary/aromatic N) is 1. The molecule has 0 aromatic heterocycles. The SMILES string of the molecule is CCOC(=O)N1CCC(NC(=O)CNC(=O)C(CO)Nc2cccc(C(=N)N)c2)CC1.Cl. The summed E-state index contributed by atoms with van der Waals surface area (Å²) in [6, 6.07) is 5.54. The van der Waals surface area contributed by atoms with E-state index >= 15 is 0 Å². The second-order valence-corrected chi connectivity index (χ2v) is 7.12. The van der Waals surface area contributed by atoms with Crippen LogP contribution < -0.4 is 21.7 Å². The molecule has 1 aliphatic heterocycles. The number of aliphatic hydroxyl groups excluding tert-OH is 1. The molecule has 32 heavy (non-hydrogen) atoms. The Bertz CT molecular complexity index is 800. The Labute approximate surface area is 193 Å². The van der Waals surface area contributed by atoms with Gasteiger partial charge in [-0.1, -0.05) is 12.1 Å². The lowest BCUT2D eigenvalue weighted by molar-refractivity contribution is -0.127. The first kappa shape index (κ1) is 27.0. The molecule has 0 saturated carbocycles. The molecular weight excluding hydrogens is 440 g/mol. The van der Waals surface area contributed by atoms with Gasteiger partial charge in [0.05, 0.1) is 19.8 Å². The highest BCUT2D eigenvalue weighted by Crippen LogP contribution is 2.12. The Hall–Kier alpha value is -3.05. The number of nitrogen functional groups attached to an aromatic ring is 1. The molecule has 1 fully saturated rings. The first-order valence-corrected chi connectivity index (χ1v) is 10.1. The van der Waals surface area contributed by atoms with Crippen LogP contribution in [0.2, 0.25) is 0 Å². The number of anilines is 1. The third-order valence-electron chi connectivity index (χ3n) is 4.82. The number of carbonyl (C=O) groups excluding carboxylic acids is 3. The zero-order chi connectivity index (χ0) is 22.8. The minimum Gasteiger partial charge on any atom is -0.450 e. The Morgan fingerprint density at radius 1 is 1.31 bits per heavy atom. The van der Waals surface area contributed by atoms with Gasteiger partial charge < -0.3 is 36.4 Å². The number of likely N-dealkylation sites (tertiary alicyclic amines) is 1. The number of nitrogens with one attached hydrogen (secondary N) is 4. The van der Waals surface area contributed by atoms with Gasteiger partial charge in [0.2, 0.25) is 11.8 Å². The van der Waals surface area contributed by atoms with E-state index in [4.69, 9.17) is 15.9 Å². The quantitative estimate of drug-likeness (QED) is 0.218. The summed E-state index contributed by atoms with van der Waals surface area (Å²) in [6.07, 6.45) is 0.855. The summed E-state index contributed by atoms with van der Waals surface area (Å²) < 4.78 is 4.97. The topological polar surface area (TPSA) is 170 Å². The second-order valence-electron chi connectivity index (χ2n) is 7.12. The van der Waals surface area contributed by atoms with Crippen molar-refractivity contribution in [3.05, 3.63) is 29.8 Å². The average Bonchev–Trinajstić information content (AvgIpc) is 2.76. The van der Waals surface area contributed by atoms with E-state index < -0.39 is 18.6 Å². The monoisotopic (exact) mass is 470 g/mol. The van der Waals surface area contributed by atoms with Crippen LogP contribution in [0.1, 0.15) is 25.3 Å². The summed E-state index contributed by atoms with van der Waals surface area (Å²) in [7, 11) is 0. The first-order chi connectivity index (χ1) is 14.8. The molecule has 0 spiro atoms. The average molecular weight is 471 g/mol. The zero-order valence-corrected chi connectivity index (χ0v) is 18.7. The highest BCUT2D eigenvalue weighted by molar-refractivity contribution is 5.96. The van der Waals surface area contributed by atoms with Crippen LogP contribution in [0.4, 0.5) is 10.5 Å². The maximum absolute atomic E-state index is 12.3. The number of ether oxygens (including phenoxy) is 1. The van der Waals surface area contributed by atoms with Crippen LogP contribution >= 0.6 is 12.4 Å². The number of benzene rings is 1. The fraction of sp³-hybridized carbons (Fsp3) is 0.500. The van der Waals surface area contributed by atoms with Crippen LogP contribution in [0, 0.1) is 5.41 Å². The molecule has 12 heteroatoms. The van der Waals surface area contributed by atoms with E-state index in [0.717, 1.165) is 0 Å². The molecule has 0 aliphatic carbocycles. The van der Waals surface area contributed by atoms with Crippen LogP contribution in [0.15, 0.2) is 24.3 Å². The molecule has 0 bridgehead atoms. The van der Waals surface area contributed by atoms with Gasteiger partial charge in [0.1, 0.15) is 11.9 Å². The fourth-order valence-corrected chi connectivity index (χ4v) is 3.16.